The maximum Gasteiger partial charge on any atom is 0.336 e. The number of amides is 1. The molecule has 1 saturated heterocycles. The van der Waals surface area contributed by atoms with E-state index >= 15 is 0 Å². The van der Waals surface area contributed by atoms with Crippen molar-refractivity contribution in [3.63, 3.8) is 0 Å². The predicted octanol–water partition coefficient (Wildman–Crippen LogP) is 5.95. The number of methoxy groups -OCH3 is 2. The van der Waals surface area contributed by atoms with Crippen LogP contribution in [0.5, 0.6) is 0 Å². The minimum atomic E-state index is -1.66. The van der Waals surface area contributed by atoms with Crippen molar-refractivity contribution in [1.82, 2.24) is 5.32 Å². The lowest BCUT2D eigenvalue weighted by Crippen LogP contribution is -2.67. The fourth-order valence-electron chi connectivity index (χ4n) is 4.92. The molecule has 0 unspecified atom stereocenters. The number of benzene rings is 1. The molecular weight excluding hydrogens is 498 g/mol. The SMILES string of the molecule is CCCCCCCCCC/C=C/C[C@H]1OC(C)(C)O[C@@H]1[C@@](COCOC)(NC(=O)c1ccccc1)C(=O)OC. The van der Waals surface area contributed by atoms with E-state index in [0.717, 1.165) is 12.8 Å². The number of nitrogens with one attached hydrogen (secondary N) is 1. The fraction of sp³-hybridized carbons (Fsp3) is 0.677. The lowest BCUT2D eigenvalue weighted by molar-refractivity contribution is -0.175. The van der Waals surface area contributed by atoms with Crippen LogP contribution < -0.4 is 5.32 Å². The first kappa shape index (κ1) is 32.9. The largest absolute Gasteiger partial charge is 0.467 e. The van der Waals surface area contributed by atoms with E-state index in [1.54, 1.807) is 38.1 Å². The second-order valence-corrected chi connectivity index (χ2v) is 10.6. The van der Waals surface area contributed by atoms with Crippen molar-refractivity contribution in [2.75, 3.05) is 27.6 Å². The summed E-state index contributed by atoms with van der Waals surface area (Å²) in [5.74, 6) is -2.10. The van der Waals surface area contributed by atoms with Crippen molar-refractivity contribution in [3.05, 3.63) is 48.0 Å². The van der Waals surface area contributed by atoms with Crippen molar-refractivity contribution >= 4 is 11.9 Å². The van der Waals surface area contributed by atoms with Crippen LogP contribution in [-0.2, 0) is 28.5 Å². The highest BCUT2D eigenvalue weighted by molar-refractivity contribution is 5.98. The van der Waals surface area contributed by atoms with E-state index in [4.69, 9.17) is 23.7 Å². The minimum Gasteiger partial charge on any atom is -0.467 e. The molecule has 0 spiro atoms. The van der Waals surface area contributed by atoms with Crippen LogP contribution in [0.3, 0.4) is 0 Å². The molecule has 1 amide bonds. The van der Waals surface area contributed by atoms with Crippen molar-refractivity contribution in [2.24, 2.45) is 0 Å². The summed E-state index contributed by atoms with van der Waals surface area (Å²) in [6, 6.07) is 8.69. The van der Waals surface area contributed by atoms with E-state index in [0.29, 0.717) is 12.0 Å². The molecule has 39 heavy (non-hydrogen) atoms. The van der Waals surface area contributed by atoms with E-state index < -0.39 is 35.4 Å². The molecule has 0 radical (unpaired) electrons. The number of unbranched alkanes of at least 4 members (excludes halogenated alkanes) is 8. The summed E-state index contributed by atoms with van der Waals surface area (Å²) in [6.45, 7) is 5.54. The van der Waals surface area contributed by atoms with E-state index in [-0.39, 0.29) is 13.4 Å². The highest BCUT2D eigenvalue weighted by atomic mass is 16.8. The first-order valence-electron chi connectivity index (χ1n) is 14.3. The Kier molecular flexibility index (Phi) is 14.7. The zero-order valence-electron chi connectivity index (χ0n) is 24.5. The van der Waals surface area contributed by atoms with Crippen LogP contribution in [0.2, 0.25) is 0 Å². The van der Waals surface area contributed by atoms with Crippen LogP contribution in [0.15, 0.2) is 42.5 Å². The van der Waals surface area contributed by atoms with Gasteiger partial charge in [0.1, 0.15) is 12.9 Å². The molecule has 1 aromatic rings. The van der Waals surface area contributed by atoms with Crippen molar-refractivity contribution in [1.29, 1.82) is 0 Å². The van der Waals surface area contributed by atoms with Gasteiger partial charge in [0.05, 0.1) is 19.8 Å². The first-order valence-corrected chi connectivity index (χ1v) is 14.3. The summed E-state index contributed by atoms with van der Waals surface area (Å²) in [5.41, 5.74) is -1.26. The standard InChI is InChI=1S/C31H49NO7/c1-6-7-8-9-10-11-12-13-14-15-19-22-26-27(39-30(2,3)38-26)31(29(34)36-5,23-37-24-35-4)32-28(33)25-20-17-16-18-21-25/h15-21,26-27H,6-14,22-24H2,1-5H3,(H,32,33)/b19-15+/t26-,27+,31-/m1/s1. The van der Waals surface area contributed by atoms with Gasteiger partial charge in [-0.05, 0) is 45.2 Å². The Bertz CT molecular complexity index is 873. The number of carbonyl (C=O) groups excluding carboxylic acids is 2. The highest BCUT2D eigenvalue weighted by Crippen LogP contribution is 2.37. The third kappa shape index (κ3) is 10.7. The highest BCUT2D eigenvalue weighted by Gasteiger charge is 2.58. The molecular formula is C31H49NO7. The van der Waals surface area contributed by atoms with Crippen molar-refractivity contribution < 1.29 is 33.3 Å². The van der Waals surface area contributed by atoms with Gasteiger partial charge in [0.25, 0.3) is 5.91 Å². The summed E-state index contributed by atoms with van der Waals surface area (Å²) in [5, 5.41) is 2.89. The van der Waals surface area contributed by atoms with Crippen LogP contribution in [0.4, 0.5) is 0 Å². The second kappa shape index (κ2) is 17.4. The molecule has 0 aromatic heterocycles. The molecule has 8 heteroatoms. The second-order valence-electron chi connectivity index (χ2n) is 10.6. The molecule has 1 N–H and O–H groups in total. The minimum absolute atomic E-state index is 0.0694. The molecule has 1 aromatic carbocycles. The van der Waals surface area contributed by atoms with Crippen LogP contribution >= 0.6 is 0 Å². The average molecular weight is 548 g/mol. The van der Waals surface area contributed by atoms with Crippen molar-refractivity contribution in [3.8, 4) is 0 Å². The molecule has 220 valence electrons. The number of allylic oxidation sites excluding steroid dienone is 1. The Morgan fingerprint density at radius 2 is 1.64 bits per heavy atom. The molecule has 1 heterocycles. The van der Waals surface area contributed by atoms with Gasteiger partial charge in [-0.25, -0.2) is 4.79 Å². The molecule has 1 fully saturated rings. The molecule has 0 saturated carbocycles. The molecule has 0 aliphatic carbocycles. The Balaban J connectivity index is 2.13. The Hall–Kier alpha value is -2.26. The lowest BCUT2D eigenvalue weighted by Gasteiger charge is -2.37. The lowest BCUT2D eigenvalue weighted by atomic mass is 9.87. The normalized spacial score (nSPS) is 20.1. The fourth-order valence-corrected chi connectivity index (χ4v) is 4.92. The monoisotopic (exact) mass is 547 g/mol. The Morgan fingerprint density at radius 3 is 2.28 bits per heavy atom. The third-order valence-electron chi connectivity index (χ3n) is 6.88. The van der Waals surface area contributed by atoms with Crippen LogP contribution in [0.1, 0.15) is 95.3 Å². The number of rotatable bonds is 19. The summed E-state index contributed by atoms with van der Waals surface area (Å²) >= 11 is 0. The van der Waals surface area contributed by atoms with Gasteiger partial charge in [0.15, 0.2) is 11.3 Å². The maximum absolute atomic E-state index is 13.4. The Labute approximate surface area is 234 Å². The summed E-state index contributed by atoms with van der Waals surface area (Å²) in [6.07, 6.45) is 14.6. The van der Waals surface area contributed by atoms with E-state index in [1.165, 1.54) is 59.2 Å². The van der Waals surface area contributed by atoms with E-state index in [9.17, 15) is 9.59 Å². The summed E-state index contributed by atoms with van der Waals surface area (Å²) in [7, 11) is 2.77. The van der Waals surface area contributed by atoms with Crippen LogP contribution in [0, 0.1) is 0 Å². The van der Waals surface area contributed by atoms with Gasteiger partial charge in [0.2, 0.25) is 0 Å². The first-order chi connectivity index (χ1) is 18.8. The number of ether oxygens (including phenoxy) is 5. The molecule has 2 rings (SSSR count). The molecule has 1 aliphatic heterocycles. The predicted molar refractivity (Wildman–Crippen MR) is 151 cm³/mol. The zero-order valence-corrected chi connectivity index (χ0v) is 24.5. The number of hydrogen-bond donors (Lipinski definition) is 1. The van der Waals surface area contributed by atoms with Gasteiger partial charge in [-0.2, -0.15) is 0 Å². The van der Waals surface area contributed by atoms with E-state index in [1.807, 2.05) is 6.07 Å². The molecule has 8 nitrogen and oxygen atoms in total. The Morgan fingerprint density at radius 1 is 0.974 bits per heavy atom. The smallest absolute Gasteiger partial charge is 0.336 e. The van der Waals surface area contributed by atoms with Crippen LogP contribution in [0.25, 0.3) is 0 Å². The topological polar surface area (TPSA) is 92.3 Å². The number of carbonyl (C=O) groups is 2. The van der Waals surface area contributed by atoms with Gasteiger partial charge in [0, 0.05) is 12.7 Å². The zero-order chi connectivity index (χ0) is 28.6. The number of esters is 1. The van der Waals surface area contributed by atoms with Crippen LogP contribution in [-0.4, -0.2) is 63.0 Å². The quantitative estimate of drug-likeness (QED) is 0.0991. The van der Waals surface area contributed by atoms with Gasteiger partial charge in [-0.15, -0.1) is 0 Å². The number of hydrogen-bond acceptors (Lipinski definition) is 7. The van der Waals surface area contributed by atoms with Gasteiger partial charge >= 0.3 is 5.97 Å². The van der Waals surface area contributed by atoms with Gasteiger partial charge in [-0.1, -0.05) is 82.2 Å². The average Bonchev–Trinajstić information content (AvgIpc) is 3.25. The maximum atomic E-state index is 13.4. The van der Waals surface area contributed by atoms with Crippen molar-refractivity contribution in [2.45, 2.75) is 109 Å². The molecule has 0 bridgehead atoms. The molecule has 1 aliphatic rings. The van der Waals surface area contributed by atoms with E-state index in [2.05, 4.69) is 24.4 Å². The summed E-state index contributed by atoms with van der Waals surface area (Å²) in [4.78, 5) is 26.7. The van der Waals surface area contributed by atoms with Gasteiger partial charge in [-0.3, -0.25) is 4.79 Å². The third-order valence-corrected chi connectivity index (χ3v) is 6.88. The molecule has 3 atom stereocenters. The summed E-state index contributed by atoms with van der Waals surface area (Å²) < 4.78 is 28.4. The van der Waals surface area contributed by atoms with Gasteiger partial charge < -0.3 is 29.0 Å².